The summed E-state index contributed by atoms with van der Waals surface area (Å²) >= 11 is 0. The second-order valence-corrected chi connectivity index (χ2v) is 10.2. The maximum atomic E-state index is 14.0. The Hall–Kier alpha value is -2.39. The van der Waals surface area contributed by atoms with Crippen LogP contribution >= 0.6 is 0 Å². The minimum atomic E-state index is -3.64. The third-order valence-corrected chi connectivity index (χ3v) is 7.93. The van der Waals surface area contributed by atoms with Gasteiger partial charge in [0.15, 0.2) is 0 Å². The molecule has 0 aliphatic carbocycles. The number of aromatic nitrogens is 1. The van der Waals surface area contributed by atoms with E-state index in [0.717, 1.165) is 57.3 Å². The summed E-state index contributed by atoms with van der Waals surface area (Å²) in [6.07, 6.45) is 7.46. The third-order valence-electron chi connectivity index (χ3n) is 6.07. The fraction of sp³-hybridized carbons (Fsp3) is 0.500. The first kappa shape index (κ1) is 21.8. The van der Waals surface area contributed by atoms with Crippen LogP contribution in [0.25, 0.3) is 0 Å². The van der Waals surface area contributed by atoms with Crippen LogP contribution in [0.2, 0.25) is 0 Å². The van der Waals surface area contributed by atoms with E-state index in [1.807, 2.05) is 0 Å². The van der Waals surface area contributed by atoms with Crippen molar-refractivity contribution >= 4 is 27.3 Å². The highest BCUT2D eigenvalue weighted by Crippen LogP contribution is 2.30. The number of nitrogens with zero attached hydrogens (tertiary/aromatic N) is 3. The third kappa shape index (κ3) is 4.62. The number of anilines is 2. The van der Waals surface area contributed by atoms with Gasteiger partial charge in [0.1, 0.15) is 16.4 Å². The topological polar surface area (TPSA) is 74.6 Å². The highest BCUT2D eigenvalue weighted by molar-refractivity contribution is 7.89. The number of carbonyl (C=O) groups is 1. The number of carbonyl (C=O) groups excluding carboxylic acids is 1. The summed E-state index contributed by atoms with van der Waals surface area (Å²) < 4.78 is 42.9. The van der Waals surface area contributed by atoms with Gasteiger partial charge in [0.05, 0.1) is 11.4 Å². The van der Waals surface area contributed by atoms with Crippen LogP contribution in [0.5, 0.6) is 0 Å². The first-order chi connectivity index (χ1) is 14.9. The molecule has 0 radical (unpaired) electrons. The minimum Gasteiger partial charge on any atom is -0.370 e. The molecule has 7 nitrogen and oxygen atoms in total. The number of rotatable bonds is 5. The molecule has 3 heterocycles. The molecule has 0 atom stereocenters. The van der Waals surface area contributed by atoms with Gasteiger partial charge in [0.2, 0.25) is 10.0 Å². The van der Waals surface area contributed by atoms with Gasteiger partial charge in [-0.2, -0.15) is 4.31 Å². The Bertz CT molecular complexity index is 1050. The molecule has 168 valence electrons. The molecule has 1 aromatic heterocycles. The van der Waals surface area contributed by atoms with Crippen LogP contribution in [0.3, 0.4) is 0 Å². The van der Waals surface area contributed by atoms with Gasteiger partial charge in [-0.15, -0.1) is 0 Å². The Balaban J connectivity index is 1.58. The average Bonchev–Trinajstić information content (AvgIpc) is 3.18. The lowest BCUT2D eigenvalue weighted by atomic mass is 10.1. The number of piperidine rings is 2. The molecule has 2 aliphatic rings. The monoisotopic (exact) mass is 448 g/mol. The summed E-state index contributed by atoms with van der Waals surface area (Å²) in [5, 5.41) is 2.80. The molecular formula is C22H29FN4O3S. The van der Waals surface area contributed by atoms with Crippen LogP contribution in [-0.2, 0) is 17.1 Å². The van der Waals surface area contributed by atoms with Crippen molar-refractivity contribution in [2.45, 2.75) is 43.4 Å². The SMILES string of the molecule is Cn1cc(S(=O)(=O)N2CCCCC2)cc1C(=O)Nc1cc(F)ccc1N1CCCCC1. The predicted molar refractivity (Wildman–Crippen MR) is 118 cm³/mol. The highest BCUT2D eigenvalue weighted by atomic mass is 32.2. The van der Waals surface area contributed by atoms with Crippen LogP contribution in [-0.4, -0.2) is 49.4 Å². The molecule has 1 amide bonds. The molecule has 4 rings (SSSR count). The number of nitrogens with one attached hydrogen (secondary N) is 1. The second-order valence-electron chi connectivity index (χ2n) is 8.30. The lowest BCUT2D eigenvalue weighted by Gasteiger charge is -2.30. The van der Waals surface area contributed by atoms with Crippen molar-refractivity contribution < 1.29 is 17.6 Å². The van der Waals surface area contributed by atoms with E-state index >= 15 is 0 Å². The number of hydrogen-bond donors (Lipinski definition) is 1. The zero-order valence-electron chi connectivity index (χ0n) is 17.8. The van der Waals surface area contributed by atoms with E-state index in [0.29, 0.717) is 18.8 Å². The lowest BCUT2D eigenvalue weighted by Crippen LogP contribution is -2.35. The molecule has 1 N–H and O–H groups in total. The largest absolute Gasteiger partial charge is 0.370 e. The van der Waals surface area contributed by atoms with Crippen molar-refractivity contribution in [3.63, 3.8) is 0 Å². The number of benzene rings is 1. The van der Waals surface area contributed by atoms with Gasteiger partial charge in [0, 0.05) is 39.4 Å². The fourth-order valence-corrected chi connectivity index (χ4v) is 5.95. The molecule has 1 aromatic carbocycles. The predicted octanol–water partition coefficient (Wildman–Crippen LogP) is 3.58. The first-order valence-electron chi connectivity index (χ1n) is 10.9. The Morgan fingerprint density at radius 1 is 0.968 bits per heavy atom. The summed E-state index contributed by atoms with van der Waals surface area (Å²) in [6, 6.07) is 5.80. The Morgan fingerprint density at radius 2 is 1.61 bits per heavy atom. The Labute approximate surface area is 182 Å². The summed E-state index contributed by atoms with van der Waals surface area (Å²) in [6.45, 7) is 2.72. The van der Waals surface area contributed by atoms with Gasteiger partial charge in [-0.25, -0.2) is 12.8 Å². The van der Waals surface area contributed by atoms with Crippen molar-refractivity contribution in [1.82, 2.24) is 8.87 Å². The Morgan fingerprint density at radius 3 is 2.29 bits per heavy atom. The highest BCUT2D eigenvalue weighted by Gasteiger charge is 2.29. The molecule has 2 saturated heterocycles. The van der Waals surface area contributed by atoms with Crippen LogP contribution in [0.1, 0.15) is 49.0 Å². The van der Waals surface area contributed by atoms with Gasteiger partial charge >= 0.3 is 0 Å². The van der Waals surface area contributed by atoms with E-state index in [1.54, 1.807) is 13.1 Å². The lowest BCUT2D eigenvalue weighted by molar-refractivity contribution is 0.101. The van der Waals surface area contributed by atoms with Gasteiger partial charge < -0.3 is 14.8 Å². The number of halogens is 1. The van der Waals surface area contributed by atoms with Crippen molar-refractivity contribution in [2.24, 2.45) is 7.05 Å². The molecular weight excluding hydrogens is 419 g/mol. The first-order valence-corrected chi connectivity index (χ1v) is 12.3. The number of amides is 1. The maximum Gasteiger partial charge on any atom is 0.272 e. The van der Waals surface area contributed by atoms with Crippen molar-refractivity contribution in [3.05, 3.63) is 42.0 Å². The van der Waals surface area contributed by atoms with E-state index in [4.69, 9.17) is 0 Å². The maximum absolute atomic E-state index is 14.0. The zero-order chi connectivity index (χ0) is 22.0. The Kier molecular flexibility index (Phi) is 6.34. The average molecular weight is 449 g/mol. The van der Waals surface area contributed by atoms with Gasteiger partial charge in [-0.3, -0.25) is 4.79 Å². The zero-order valence-corrected chi connectivity index (χ0v) is 18.6. The number of hydrogen-bond acceptors (Lipinski definition) is 4. The van der Waals surface area contributed by atoms with Crippen molar-refractivity contribution in [1.29, 1.82) is 0 Å². The number of aryl methyl sites for hydroxylation is 1. The second kappa shape index (κ2) is 9.00. The van der Waals surface area contributed by atoms with Crippen LogP contribution in [0.4, 0.5) is 15.8 Å². The fourth-order valence-electron chi connectivity index (χ4n) is 4.36. The van der Waals surface area contributed by atoms with Gasteiger partial charge in [-0.05, 0) is 56.4 Å². The summed E-state index contributed by atoms with van der Waals surface area (Å²) in [4.78, 5) is 15.3. The molecule has 2 aromatic rings. The quantitative estimate of drug-likeness (QED) is 0.759. The molecule has 31 heavy (non-hydrogen) atoms. The van der Waals surface area contributed by atoms with Crippen LogP contribution in [0.15, 0.2) is 35.4 Å². The van der Waals surface area contributed by atoms with Gasteiger partial charge in [0.25, 0.3) is 5.91 Å². The smallest absolute Gasteiger partial charge is 0.272 e. The summed E-state index contributed by atoms with van der Waals surface area (Å²) in [5.41, 5.74) is 1.39. The molecule has 0 spiro atoms. The summed E-state index contributed by atoms with van der Waals surface area (Å²) in [7, 11) is -2.00. The molecule has 0 bridgehead atoms. The minimum absolute atomic E-state index is 0.109. The molecule has 2 aliphatic heterocycles. The van der Waals surface area contributed by atoms with Crippen molar-refractivity contribution in [3.8, 4) is 0 Å². The molecule has 9 heteroatoms. The van der Waals surface area contributed by atoms with E-state index in [9.17, 15) is 17.6 Å². The van der Waals surface area contributed by atoms with Gasteiger partial charge in [-0.1, -0.05) is 6.42 Å². The van der Waals surface area contributed by atoms with E-state index in [2.05, 4.69) is 10.2 Å². The summed E-state index contributed by atoms with van der Waals surface area (Å²) in [5.74, 6) is -0.900. The molecule has 0 saturated carbocycles. The van der Waals surface area contributed by atoms with Crippen LogP contribution in [0, 0.1) is 5.82 Å². The normalized spacial score (nSPS) is 18.2. The molecule has 2 fully saturated rings. The van der Waals surface area contributed by atoms with Crippen molar-refractivity contribution in [2.75, 3.05) is 36.4 Å². The van der Waals surface area contributed by atoms with E-state index in [-0.39, 0.29) is 10.6 Å². The standard InChI is InChI=1S/C22H29FN4O3S/c1-25-16-18(31(29,30)27-12-6-3-7-13-27)15-21(25)22(28)24-19-14-17(23)8-9-20(19)26-10-4-2-5-11-26/h8-9,14-16H,2-7,10-13H2,1H3,(H,24,28). The van der Waals surface area contributed by atoms with E-state index in [1.165, 1.54) is 33.3 Å². The molecule has 0 unspecified atom stereocenters. The van der Waals surface area contributed by atoms with E-state index < -0.39 is 21.7 Å². The van der Waals surface area contributed by atoms with Crippen LogP contribution < -0.4 is 10.2 Å². The number of sulfonamides is 1.